The standard InChI is InChI=1S/C25H29ClN2O4/c1-2-32-25(31)28(22-12-8-11-21(26)23(22)24(29)30)16-7-6-15-27-17-13-20(14-18-27)19-9-4-3-5-10-19/h3-5,8-13H,2,6-7,14-18H2,1H3,(H,29,30). The fraction of sp³-hybridized carbons (Fsp3) is 0.360. The van der Waals surface area contributed by atoms with Gasteiger partial charge in [0.05, 0.1) is 17.3 Å². The Balaban J connectivity index is 1.58. The maximum absolute atomic E-state index is 12.5. The molecule has 0 aromatic heterocycles. The van der Waals surface area contributed by atoms with Crippen molar-refractivity contribution in [3.05, 3.63) is 70.8 Å². The molecule has 3 rings (SSSR count). The van der Waals surface area contributed by atoms with Gasteiger partial charge in [-0.3, -0.25) is 9.80 Å². The molecule has 1 N–H and O–H groups in total. The Labute approximate surface area is 194 Å². The molecule has 1 amide bonds. The Hall–Kier alpha value is -2.83. The summed E-state index contributed by atoms with van der Waals surface area (Å²) < 4.78 is 5.17. The van der Waals surface area contributed by atoms with Crippen molar-refractivity contribution in [3.63, 3.8) is 0 Å². The van der Waals surface area contributed by atoms with Gasteiger partial charge in [-0.1, -0.05) is 54.1 Å². The number of unbranched alkanes of at least 4 members (excludes halogenated alkanes) is 1. The molecule has 170 valence electrons. The van der Waals surface area contributed by atoms with Crippen molar-refractivity contribution in [1.29, 1.82) is 0 Å². The van der Waals surface area contributed by atoms with Crippen molar-refractivity contribution >= 4 is 34.9 Å². The molecule has 1 aliphatic heterocycles. The van der Waals surface area contributed by atoms with Crippen LogP contribution in [0.5, 0.6) is 0 Å². The number of benzene rings is 2. The van der Waals surface area contributed by atoms with Gasteiger partial charge in [0, 0.05) is 19.6 Å². The first-order valence-electron chi connectivity index (χ1n) is 10.9. The van der Waals surface area contributed by atoms with Gasteiger partial charge < -0.3 is 9.84 Å². The molecule has 0 bridgehead atoms. The fourth-order valence-corrected chi connectivity index (χ4v) is 4.15. The number of carboxylic acid groups (broad SMARTS) is 1. The SMILES string of the molecule is CCOC(=O)N(CCCCN1CC=C(c2ccccc2)CC1)c1cccc(Cl)c1C(=O)O. The Bertz CT molecular complexity index is 962. The minimum absolute atomic E-state index is 0.0863. The van der Waals surface area contributed by atoms with Crippen molar-refractivity contribution in [3.8, 4) is 0 Å². The van der Waals surface area contributed by atoms with Gasteiger partial charge in [-0.05, 0) is 56.0 Å². The predicted octanol–water partition coefficient (Wildman–Crippen LogP) is 5.57. The first-order valence-corrected chi connectivity index (χ1v) is 11.3. The van der Waals surface area contributed by atoms with Crippen LogP contribution in [-0.2, 0) is 4.74 Å². The van der Waals surface area contributed by atoms with E-state index in [4.69, 9.17) is 16.3 Å². The van der Waals surface area contributed by atoms with E-state index >= 15 is 0 Å². The summed E-state index contributed by atoms with van der Waals surface area (Å²) in [6.07, 6.45) is 4.34. The number of ether oxygens (including phenoxy) is 1. The summed E-state index contributed by atoms with van der Waals surface area (Å²) in [5, 5.41) is 9.67. The van der Waals surface area contributed by atoms with Gasteiger partial charge in [0.1, 0.15) is 5.56 Å². The molecule has 0 saturated heterocycles. The number of rotatable bonds is 9. The predicted molar refractivity (Wildman–Crippen MR) is 127 cm³/mol. The highest BCUT2D eigenvalue weighted by Gasteiger charge is 2.24. The first kappa shape index (κ1) is 23.8. The van der Waals surface area contributed by atoms with Gasteiger partial charge >= 0.3 is 12.1 Å². The van der Waals surface area contributed by atoms with E-state index in [-0.39, 0.29) is 22.9 Å². The number of carboxylic acids is 1. The number of anilines is 1. The second kappa shape index (κ2) is 11.7. The Kier molecular flexibility index (Phi) is 8.71. The molecule has 7 heteroatoms. The van der Waals surface area contributed by atoms with Crippen LogP contribution in [0.3, 0.4) is 0 Å². The molecule has 0 aliphatic carbocycles. The average Bonchev–Trinajstić information content (AvgIpc) is 2.80. The van der Waals surface area contributed by atoms with Gasteiger partial charge in [0.2, 0.25) is 0 Å². The van der Waals surface area contributed by atoms with Crippen LogP contribution >= 0.6 is 11.6 Å². The Morgan fingerprint density at radius 3 is 2.56 bits per heavy atom. The second-order valence-corrected chi connectivity index (χ2v) is 8.05. The molecule has 1 heterocycles. The van der Waals surface area contributed by atoms with Crippen LogP contribution in [0.2, 0.25) is 5.02 Å². The zero-order chi connectivity index (χ0) is 22.9. The van der Waals surface area contributed by atoms with E-state index in [1.807, 2.05) is 6.07 Å². The van der Waals surface area contributed by atoms with E-state index in [1.165, 1.54) is 22.1 Å². The Morgan fingerprint density at radius 2 is 1.91 bits per heavy atom. The summed E-state index contributed by atoms with van der Waals surface area (Å²) in [6.45, 7) is 5.11. The number of amides is 1. The summed E-state index contributed by atoms with van der Waals surface area (Å²) >= 11 is 6.10. The number of carbonyl (C=O) groups excluding carboxylic acids is 1. The zero-order valence-corrected chi connectivity index (χ0v) is 19.1. The highest BCUT2D eigenvalue weighted by atomic mass is 35.5. The largest absolute Gasteiger partial charge is 0.478 e. The van der Waals surface area contributed by atoms with Crippen molar-refractivity contribution < 1.29 is 19.4 Å². The van der Waals surface area contributed by atoms with Crippen LogP contribution in [0.15, 0.2) is 54.6 Å². The maximum Gasteiger partial charge on any atom is 0.414 e. The highest BCUT2D eigenvalue weighted by molar-refractivity contribution is 6.34. The minimum Gasteiger partial charge on any atom is -0.478 e. The highest BCUT2D eigenvalue weighted by Crippen LogP contribution is 2.29. The normalized spacial score (nSPS) is 14.0. The van der Waals surface area contributed by atoms with Crippen molar-refractivity contribution in [2.75, 3.05) is 37.7 Å². The minimum atomic E-state index is -1.17. The third kappa shape index (κ3) is 6.11. The van der Waals surface area contributed by atoms with Crippen LogP contribution in [0.25, 0.3) is 5.57 Å². The van der Waals surface area contributed by atoms with Crippen LogP contribution < -0.4 is 4.90 Å². The van der Waals surface area contributed by atoms with E-state index < -0.39 is 12.1 Å². The number of hydrogen-bond donors (Lipinski definition) is 1. The molecule has 0 fully saturated rings. The number of hydrogen-bond acceptors (Lipinski definition) is 4. The van der Waals surface area contributed by atoms with E-state index in [0.29, 0.717) is 6.54 Å². The lowest BCUT2D eigenvalue weighted by Gasteiger charge is -2.27. The summed E-state index contributed by atoms with van der Waals surface area (Å²) in [4.78, 5) is 28.0. The Morgan fingerprint density at radius 1 is 1.12 bits per heavy atom. The van der Waals surface area contributed by atoms with Crippen molar-refractivity contribution in [1.82, 2.24) is 4.90 Å². The monoisotopic (exact) mass is 456 g/mol. The van der Waals surface area contributed by atoms with Gasteiger partial charge in [-0.15, -0.1) is 0 Å². The first-order chi connectivity index (χ1) is 15.5. The van der Waals surface area contributed by atoms with Gasteiger partial charge in [0.25, 0.3) is 0 Å². The molecule has 6 nitrogen and oxygen atoms in total. The van der Waals surface area contributed by atoms with E-state index in [9.17, 15) is 14.7 Å². The molecule has 0 saturated carbocycles. The molecular formula is C25H29ClN2O4. The molecule has 0 unspecified atom stereocenters. The van der Waals surface area contributed by atoms with Gasteiger partial charge in [-0.2, -0.15) is 0 Å². The molecule has 32 heavy (non-hydrogen) atoms. The maximum atomic E-state index is 12.5. The van der Waals surface area contributed by atoms with Crippen LogP contribution in [0.4, 0.5) is 10.5 Å². The van der Waals surface area contributed by atoms with E-state index in [2.05, 4.69) is 35.2 Å². The average molecular weight is 457 g/mol. The summed E-state index contributed by atoms with van der Waals surface area (Å²) in [5.41, 5.74) is 2.85. The molecule has 0 atom stereocenters. The summed E-state index contributed by atoms with van der Waals surface area (Å²) in [6, 6.07) is 15.2. The topological polar surface area (TPSA) is 70.1 Å². The molecule has 0 radical (unpaired) electrons. The molecule has 1 aliphatic rings. The quantitative estimate of drug-likeness (QED) is 0.499. The summed E-state index contributed by atoms with van der Waals surface area (Å²) in [7, 11) is 0. The van der Waals surface area contributed by atoms with Crippen molar-refractivity contribution in [2.24, 2.45) is 0 Å². The fourth-order valence-electron chi connectivity index (χ4n) is 3.89. The second-order valence-electron chi connectivity index (χ2n) is 7.64. The molecule has 2 aromatic carbocycles. The number of nitrogens with zero attached hydrogens (tertiary/aromatic N) is 2. The number of halogens is 1. The van der Waals surface area contributed by atoms with E-state index in [0.717, 1.165) is 38.9 Å². The number of carbonyl (C=O) groups is 2. The third-order valence-electron chi connectivity index (χ3n) is 5.53. The lowest BCUT2D eigenvalue weighted by molar-refractivity contribution is 0.0698. The zero-order valence-electron chi connectivity index (χ0n) is 18.3. The lowest BCUT2D eigenvalue weighted by Crippen LogP contribution is -2.35. The van der Waals surface area contributed by atoms with Crippen LogP contribution in [-0.4, -0.2) is 54.9 Å². The van der Waals surface area contributed by atoms with E-state index in [1.54, 1.807) is 19.1 Å². The number of aromatic carboxylic acids is 1. The molecule has 2 aromatic rings. The lowest BCUT2D eigenvalue weighted by atomic mass is 9.99. The molecule has 0 spiro atoms. The summed E-state index contributed by atoms with van der Waals surface area (Å²) in [5.74, 6) is -1.17. The van der Waals surface area contributed by atoms with Crippen molar-refractivity contribution in [2.45, 2.75) is 26.2 Å². The van der Waals surface area contributed by atoms with Gasteiger partial charge in [0.15, 0.2) is 0 Å². The smallest absolute Gasteiger partial charge is 0.414 e. The van der Waals surface area contributed by atoms with Gasteiger partial charge in [-0.25, -0.2) is 9.59 Å². The van der Waals surface area contributed by atoms with Crippen LogP contribution in [0, 0.1) is 0 Å². The van der Waals surface area contributed by atoms with Crippen LogP contribution in [0.1, 0.15) is 42.1 Å². The third-order valence-corrected chi connectivity index (χ3v) is 5.84. The molecular weight excluding hydrogens is 428 g/mol.